The van der Waals surface area contributed by atoms with Crippen LogP contribution in [-0.4, -0.2) is 31.7 Å². The zero-order valence-electron chi connectivity index (χ0n) is 13.8. The van der Waals surface area contributed by atoms with E-state index < -0.39 is 10.0 Å². The van der Waals surface area contributed by atoms with Crippen LogP contribution in [0, 0.1) is 5.92 Å². The van der Waals surface area contributed by atoms with Crippen molar-refractivity contribution >= 4 is 21.6 Å². The van der Waals surface area contributed by atoms with Gasteiger partial charge in [0.15, 0.2) is 0 Å². The van der Waals surface area contributed by atoms with E-state index in [-0.39, 0.29) is 5.91 Å². The fourth-order valence-corrected chi connectivity index (χ4v) is 4.80. The van der Waals surface area contributed by atoms with Crippen LogP contribution in [0.4, 0.5) is 5.69 Å². The summed E-state index contributed by atoms with van der Waals surface area (Å²) in [5, 5.41) is 2.85. The Balaban J connectivity index is 1.62. The van der Waals surface area contributed by atoms with Gasteiger partial charge in [-0.05, 0) is 55.9 Å². The van der Waals surface area contributed by atoms with Crippen molar-refractivity contribution in [3.63, 3.8) is 0 Å². The lowest BCUT2D eigenvalue weighted by Gasteiger charge is -2.25. The monoisotopic (exact) mass is 348 g/mol. The van der Waals surface area contributed by atoms with E-state index in [0.29, 0.717) is 36.0 Å². The molecule has 3 rings (SSSR count). The first kappa shape index (κ1) is 17.2. The van der Waals surface area contributed by atoms with Crippen LogP contribution >= 0.6 is 0 Å². The van der Waals surface area contributed by atoms with Gasteiger partial charge in [0.1, 0.15) is 0 Å². The number of rotatable bonds is 5. The van der Waals surface area contributed by atoms with Crippen molar-refractivity contribution in [2.75, 3.05) is 18.4 Å². The number of piperidine rings is 1. The smallest absolute Gasteiger partial charge is 0.243 e. The van der Waals surface area contributed by atoms with Crippen molar-refractivity contribution in [3.8, 4) is 0 Å². The number of nitrogens with one attached hydrogen (secondary N) is 1. The van der Waals surface area contributed by atoms with Crippen molar-refractivity contribution in [2.24, 2.45) is 5.92 Å². The number of carbonyl (C=O) groups is 1. The van der Waals surface area contributed by atoms with E-state index in [1.807, 2.05) is 0 Å². The Morgan fingerprint density at radius 3 is 2.46 bits per heavy atom. The first-order valence-electron chi connectivity index (χ1n) is 8.62. The lowest BCUT2D eigenvalue weighted by molar-refractivity contribution is -0.116. The molecule has 0 spiro atoms. The van der Waals surface area contributed by atoms with Gasteiger partial charge in [-0.1, -0.05) is 18.6 Å². The van der Waals surface area contributed by atoms with Crippen LogP contribution < -0.4 is 5.32 Å². The van der Waals surface area contributed by atoms with Gasteiger partial charge in [-0.3, -0.25) is 4.79 Å². The summed E-state index contributed by atoms with van der Waals surface area (Å²) in [6.07, 6.45) is 9.68. The van der Waals surface area contributed by atoms with E-state index in [0.717, 1.165) is 32.1 Å². The van der Waals surface area contributed by atoms with E-state index in [1.165, 1.54) is 0 Å². The topological polar surface area (TPSA) is 66.5 Å². The first-order valence-corrected chi connectivity index (χ1v) is 10.1. The van der Waals surface area contributed by atoms with E-state index >= 15 is 0 Å². The molecule has 6 heteroatoms. The Labute approximate surface area is 143 Å². The lowest BCUT2D eigenvalue weighted by Crippen LogP contribution is -2.35. The summed E-state index contributed by atoms with van der Waals surface area (Å²) in [4.78, 5) is 12.3. The van der Waals surface area contributed by atoms with Crippen LogP contribution in [0.5, 0.6) is 0 Å². The third-order valence-electron chi connectivity index (χ3n) is 4.65. The molecule has 5 nitrogen and oxygen atoms in total. The molecule has 1 amide bonds. The van der Waals surface area contributed by atoms with Gasteiger partial charge in [-0.25, -0.2) is 8.42 Å². The van der Waals surface area contributed by atoms with Gasteiger partial charge in [0.2, 0.25) is 15.9 Å². The molecule has 24 heavy (non-hydrogen) atoms. The summed E-state index contributed by atoms with van der Waals surface area (Å²) in [6, 6.07) is 6.49. The Morgan fingerprint density at radius 1 is 1.12 bits per heavy atom. The Hall–Kier alpha value is -1.66. The molecule has 1 aliphatic heterocycles. The van der Waals surface area contributed by atoms with Crippen molar-refractivity contribution < 1.29 is 13.2 Å². The van der Waals surface area contributed by atoms with Crippen LogP contribution in [0.15, 0.2) is 41.3 Å². The molecule has 1 aliphatic carbocycles. The molecular formula is C18H24N2O3S. The molecular weight excluding hydrogens is 324 g/mol. The van der Waals surface area contributed by atoms with E-state index in [4.69, 9.17) is 0 Å². The number of hydrogen-bond donors (Lipinski definition) is 1. The van der Waals surface area contributed by atoms with Crippen molar-refractivity contribution in [1.29, 1.82) is 0 Å². The highest BCUT2D eigenvalue weighted by molar-refractivity contribution is 7.89. The van der Waals surface area contributed by atoms with E-state index in [1.54, 1.807) is 28.6 Å². The van der Waals surface area contributed by atoms with Crippen molar-refractivity contribution in [2.45, 2.75) is 43.4 Å². The van der Waals surface area contributed by atoms with Crippen LogP contribution in [-0.2, 0) is 14.8 Å². The SMILES string of the molecule is O=C(CC1C=CCC1)Nc1ccc(S(=O)(=O)N2CCCCC2)cc1. The van der Waals surface area contributed by atoms with Crippen LogP contribution in [0.3, 0.4) is 0 Å². The Bertz CT molecular complexity index is 704. The second-order valence-electron chi connectivity index (χ2n) is 6.51. The second-order valence-corrected chi connectivity index (χ2v) is 8.44. The summed E-state index contributed by atoms with van der Waals surface area (Å²) in [5.41, 5.74) is 0.638. The molecule has 0 bridgehead atoms. The fourth-order valence-electron chi connectivity index (χ4n) is 3.28. The first-order chi connectivity index (χ1) is 11.6. The summed E-state index contributed by atoms with van der Waals surface area (Å²) >= 11 is 0. The normalized spacial score (nSPS) is 21.8. The Morgan fingerprint density at radius 2 is 1.83 bits per heavy atom. The van der Waals surface area contributed by atoms with Crippen LogP contribution in [0.2, 0.25) is 0 Å². The average molecular weight is 348 g/mol. The number of sulfonamides is 1. The quantitative estimate of drug-likeness (QED) is 0.831. The van der Waals surface area contributed by atoms with E-state index in [2.05, 4.69) is 17.5 Å². The number of carbonyl (C=O) groups excluding carboxylic acids is 1. The number of hydrogen-bond acceptors (Lipinski definition) is 3. The van der Waals surface area contributed by atoms with E-state index in [9.17, 15) is 13.2 Å². The summed E-state index contributed by atoms with van der Waals surface area (Å²) in [6.45, 7) is 1.19. The lowest BCUT2D eigenvalue weighted by atomic mass is 10.1. The zero-order chi connectivity index (χ0) is 17.0. The fraction of sp³-hybridized carbons (Fsp3) is 0.500. The molecule has 1 aromatic rings. The molecule has 1 saturated heterocycles. The molecule has 1 N–H and O–H groups in total. The number of anilines is 1. The van der Waals surface area contributed by atoms with Crippen LogP contribution in [0.1, 0.15) is 38.5 Å². The van der Waals surface area contributed by atoms with Gasteiger partial charge in [-0.15, -0.1) is 0 Å². The van der Waals surface area contributed by atoms with Crippen molar-refractivity contribution in [1.82, 2.24) is 4.31 Å². The maximum absolute atomic E-state index is 12.6. The number of allylic oxidation sites excluding steroid dienone is 2. The molecule has 1 atom stereocenters. The minimum atomic E-state index is -3.41. The van der Waals surface area contributed by atoms with Crippen LogP contribution in [0.25, 0.3) is 0 Å². The minimum Gasteiger partial charge on any atom is -0.326 e. The predicted molar refractivity (Wildman–Crippen MR) is 94.2 cm³/mol. The predicted octanol–water partition coefficient (Wildman–Crippen LogP) is 3.16. The highest BCUT2D eigenvalue weighted by atomic mass is 32.2. The summed E-state index contributed by atoms with van der Waals surface area (Å²) in [7, 11) is -3.41. The molecule has 1 heterocycles. The Kier molecular flexibility index (Phi) is 5.36. The minimum absolute atomic E-state index is 0.0295. The van der Waals surface area contributed by atoms with Crippen molar-refractivity contribution in [3.05, 3.63) is 36.4 Å². The van der Waals surface area contributed by atoms with Gasteiger partial charge in [-0.2, -0.15) is 4.31 Å². The van der Waals surface area contributed by atoms with Gasteiger partial charge in [0.05, 0.1) is 4.90 Å². The number of amides is 1. The average Bonchev–Trinajstić information content (AvgIpc) is 3.09. The molecule has 0 aromatic heterocycles. The molecule has 2 aliphatic rings. The third kappa shape index (κ3) is 4.05. The maximum Gasteiger partial charge on any atom is 0.243 e. The molecule has 1 fully saturated rings. The highest BCUT2D eigenvalue weighted by Gasteiger charge is 2.25. The third-order valence-corrected chi connectivity index (χ3v) is 6.56. The number of benzene rings is 1. The zero-order valence-corrected chi connectivity index (χ0v) is 14.6. The number of nitrogens with zero attached hydrogens (tertiary/aromatic N) is 1. The second kappa shape index (κ2) is 7.49. The molecule has 0 saturated carbocycles. The van der Waals surface area contributed by atoms with Gasteiger partial charge < -0.3 is 5.32 Å². The molecule has 130 valence electrons. The molecule has 1 aromatic carbocycles. The van der Waals surface area contributed by atoms with Gasteiger partial charge >= 0.3 is 0 Å². The summed E-state index contributed by atoms with van der Waals surface area (Å²) in [5.74, 6) is 0.293. The van der Waals surface area contributed by atoms with Gasteiger partial charge in [0, 0.05) is 25.2 Å². The molecule has 1 unspecified atom stereocenters. The summed E-state index contributed by atoms with van der Waals surface area (Å²) < 4.78 is 26.7. The van der Waals surface area contributed by atoms with Gasteiger partial charge in [0.25, 0.3) is 0 Å². The largest absolute Gasteiger partial charge is 0.326 e. The standard InChI is InChI=1S/C18H24N2O3S/c21-18(14-15-6-2-3-7-15)19-16-8-10-17(11-9-16)24(22,23)20-12-4-1-5-13-20/h2,6,8-11,15H,1,3-5,7,12-14H2,(H,19,21). The molecule has 0 radical (unpaired) electrons. The highest BCUT2D eigenvalue weighted by Crippen LogP contribution is 2.23. The maximum atomic E-state index is 12.6.